The van der Waals surface area contributed by atoms with E-state index < -0.39 is 0 Å². The molecule has 0 spiro atoms. The molecule has 0 aromatic carbocycles. The molecule has 0 aliphatic carbocycles. The molecule has 4 nitrogen and oxygen atoms in total. The predicted molar refractivity (Wildman–Crippen MR) is 57.2 cm³/mol. The van der Waals surface area contributed by atoms with Crippen molar-refractivity contribution in [1.29, 1.82) is 0 Å². The summed E-state index contributed by atoms with van der Waals surface area (Å²) in [7, 11) is 1.55. The summed E-state index contributed by atoms with van der Waals surface area (Å²) >= 11 is 1.57. The van der Waals surface area contributed by atoms with Crippen LogP contribution in [0.1, 0.15) is 13.3 Å². The summed E-state index contributed by atoms with van der Waals surface area (Å²) in [5.41, 5.74) is 0. The van der Waals surface area contributed by atoms with Gasteiger partial charge < -0.3 is 5.32 Å². The number of nitrogens with one attached hydrogen (secondary N) is 1. The second-order valence-corrected chi connectivity index (χ2v) is 4.52. The highest BCUT2D eigenvalue weighted by molar-refractivity contribution is 8.00. The smallest absolute Gasteiger partial charge is 0.242 e. The first kappa shape index (κ1) is 11.5. The molecule has 1 aliphatic heterocycles. The second-order valence-electron chi connectivity index (χ2n) is 3.21. The normalized spacial score (nSPS) is 22.1. The summed E-state index contributed by atoms with van der Waals surface area (Å²) in [6, 6.07) is 0. The van der Waals surface area contributed by atoms with Gasteiger partial charge in [-0.3, -0.25) is 14.5 Å². The number of hydrogen-bond donors (Lipinski definition) is 1. The summed E-state index contributed by atoms with van der Waals surface area (Å²) in [6.45, 7) is 3.88. The highest BCUT2D eigenvalue weighted by Crippen LogP contribution is 2.23. The minimum Gasteiger partial charge on any atom is -0.316 e. The number of carbonyl (C=O) groups is 2. The predicted octanol–water partition coefficient (Wildman–Crippen LogP) is 0.0864. The highest BCUT2D eigenvalue weighted by Gasteiger charge is 2.35. The molecule has 0 saturated carbocycles. The molecule has 0 aromatic heterocycles. The molecular formula is C9H16N2O2S. The second kappa shape index (κ2) is 5.36. The van der Waals surface area contributed by atoms with Gasteiger partial charge in [0.25, 0.3) is 0 Å². The fourth-order valence-corrected chi connectivity index (χ4v) is 2.41. The van der Waals surface area contributed by atoms with Crippen LogP contribution in [0.15, 0.2) is 0 Å². The zero-order chi connectivity index (χ0) is 10.6. The van der Waals surface area contributed by atoms with E-state index in [0.717, 1.165) is 18.8 Å². The summed E-state index contributed by atoms with van der Waals surface area (Å²) in [6.07, 6.45) is 0.367. The van der Waals surface area contributed by atoms with E-state index in [1.54, 1.807) is 18.8 Å². The molecule has 1 atom stereocenters. The van der Waals surface area contributed by atoms with Gasteiger partial charge in [-0.1, -0.05) is 6.92 Å². The van der Waals surface area contributed by atoms with E-state index in [1.165, 1.54) is 4.90 Å². The van der Waals surface area contributed by atoms with Crippen molar-refractivity contribution in [3.63, 3.8) is 0 Å². The van der Waals surface area contributed by atoms with Crippen LogP contribution in [0, 0.1) is 0 Å². The van der Waals surface area contributed by atoms with Gasteiger partial charge in [0, 0.05) is 25.8 Å². The number of imide groups is 1. The largest absolute Gasteiger partial charge is 0.316 e. The van der Waals surface area contributed by atoms with Gasteiger partial charge in [-0.05, 0) is 6.54 Å². The topological polar surface area (TPSA) is 49.4 Å². The Labute approximate surface area is 88.4 Å². The fraction of sp³-hybridized carbons (Fsp3) is 0.778. The van der Waals surface area contributed by atoms with Crippen molar-refractivity contribution >= 4 is 23.6 Å². The molecule has 1 N–H and O–H groups in total. The maximum Gasteiger partial charge on any atom is 0.242 e. The number of amides is 2. The highest BCUT2D eigenvalue weighted by atomic mass is 32.2. The number of thioether (sulfide) groups is 1. The van der Waals surface area contributed by atoms with Crippen LogP contribution >= 0.6 is 11.8 Å². The van der Waals surface area contributed by atoms with Crippen molar-refractivity contribution in [1.82, 2.24) is 10.2 Å². The van der Waals surface area contributed by atoms with Gasteiger partial charge in [0.15, 0.2) is 0 Å². The summed E-state index contributed by atoms with van der Waals surface area (Å²) in [5.74, 6) is 0.776. The van der Waals surface area contributed by atoms with Crippen molar-refractivity contribution in [2.75, 3.05) is 25.9 Å². The van der Waals surface area contributed by atoms with Gasteiger partial charge in [-0.2, -0.15) is 0 Å². The molecular weight excluding hydrogens is 200 g/mol. The molecule has 1 heterocycles. The average Bonchev–Trinajstić information content (AvgIpc) is 2.41. The van der Waals surface area contributed by atoms with Crippen LogP contribution in [0.3, 0.4) is 0 Å². The molecule has 0 aromatic rings. The van der Waals surface area contributed by atoms with Gasteiger partial charge in [-0.15, -0.1) is 11.8 Å². The Morgan fingerprint density at radius 3 is 2.79 bits per heavy atom. The zero-order valence-corrected chi connectivity index (χ0v) is 9.39. The molecule has 0 radical (unpaired) electrons. The Balaban J connectivity index is 2.26. The zero-order valence-electron chi connectivity index (χ0n) is 8.58. The molecule has 5 heteroatoms. The Kier molecular flexibility index (Phi) is 4.41. The van der Waals surface area contributed by atoms with E-state index >= 15 is 0 Å². The molecule has 0 bridgehead atoms. The van der Waals surface area contributed by atoms with Crippen LogP contribution in [-0.4, -0.2) is 47.9 Å². The minimum atomic E-state index is -0.147. The standard InChI is InChI=1S/C9H16N2O2S/c1-3-10-4-5-14-7-6-8(12)11(2)9(7)13/h7,10H,3-6H2,1-2H3. The van der Waals surface area contributed by atoms with E-state index in [2.05, 4.69) is 5.32 Å². The van der Waals surface area contributed by atoms with E-state index in [0.29, 0.717) is 6.42 Å². The lowest BCUT2D eigenvalue weighted by Gasteiger charge is -2.08. The van der Waals surface area contributed by atoms with Crippen molar-refractivity contribution in [2.24, 2.45) is 0 Å². The van der Waals surface area contributed by atoms with E-state index in [1.807, 2.05) is 6.92 Å². The van der Waals surface area contributed by atoms with Crippen molar-refractivity contribution in [3.8, 4) is 0 Å². The van der Waals surface area contributed by atoms with Gasteiger partial charge in [-0.25, -0.2) is 0 Å². The molecule has 1 aliphatic rings. The lowest BCUT2D eigenvalue weighted by Crippen LogP contribution is -2.27. The third-order valence-electron chi connectivity index (χ3n) is 2.19. The Morgan fingerprint density at radius 1 is 1.57 bits per heavy atom. The van der Waals surface area contributed by atoms with Crippen molar-refractivity contribution in [2.45, 2.75) is 18.6 Å². The van der Waals surface area contributed by atoms with Crippen LogP contribution in [0.2, 0.25) is 0 Å². The quantitative estimate of drug-likeness (QED) is 0.522. The van der Waals surface area contributed by atoms with Crippen molar-refractivity contribution < 1.29 is 9.59 Å². The molecule has 14 heavy (non-hydrogen) atoms. The number of carbonyl (C=O) groups excluding carboxylic acids is 2. The average molecular weight is 216 g/mol. The molecule has 1 saturated heterocycles. The first-order valence-corrected chi connectivity index (χ1v) is 5.84. The third-order valence-corrected chi connectivity index (χ3v) is 3.40. The van der Waals surface area contributed by atoms with E-state index in [4.69, 9.17) is 0 Å². The fourth-order valence-electron chi connectivity index (χ4n) is 1.30. The molecule has 1 unspecified atom stereocenters. The van der Waals surface area contributed by atoms with Crippen LogP contribution in [0.5, 0.6) is 0 Å². The molecule has 1 rings (SSSR count). The third kappa shape index (κ3) is 2.72. The maximum absolute atomic E-state index is 11.4. The summed E-state index contributed by atoms with van der Waals surface area (Å²) in [5, 5.41) is 3.03. The van der Waals surface area contributed by atoms with Gasteiger partial charge in [0.1, 0.15) is 0 Å². The number of hydrogen-bond acceptors (Lipinski definition) is 4. The van der Waals surface area contributed by atoms with E-state index in [9.17, 15) is 9.59 Å². The lowest BCUT2D eigenvalue weighted by molar-refractivity contribution is -0.136. The number of rotatable bonds is 5. The molecule has 1 fully saturated rings. The monoisotopic (exact) mass is 216 g/mol. The van der Waals surface area contributed by atoms with E-state index in [-0.39, 0.29) is 17.1 Å². The van der Waals surface area contributed by atoms with Crippen LogP contribution < -0.4 is 5.32 Å². The number of nitrogens with zero attached hydrogens (tertiary/aromatic N) is 1. The SMILES string of the molecule is CCNCCSC1CC(=O)N(C)C1=O. The van der Waals surface area contributed by atoms with Crippen LogP contribution in [0.4, 0.5) is 0 Å². The van der Waals surface area contributed by atoms with Gasteiger partial charge in [0.05, 0.1) is 5.25 Å². The maximum atomic E-state index is 11.4. The summed E-state index contributed by atoms with van der Waals surface area (Å²) in [4.78, 5) is 23.8. The molecule has 2 amide bonds. The van der Waals surface area contributed by atoms with Crippen LogP contribution in [-0.2, 0) is 9.59 Å². The van der Waals surface area contributed by atoms with Crippen LogP contribution in [0.25, 0.3) is 0 Å². The Hall–Kier alpha value is -0.550. The lowest BCUT2D eigenvalue weighted by atomic mass is 10.4. The first-order chi connectivity index (χ1) is 6.66. The number of likely N-dealkylation sites (tertiary alicyclic amines) is 1. The Bertz CT molecular complexity index is 233. The van der Waals surface area contributed by atoms with Gasteiger partial charge >= 0.3 is 0 Å². The van der Waals surface area contributed by atoms with Crippen molar-refractivity contribution in [3.05, 3.63) is 0 Å². The molecule has 80 valence electrons. The summed E-state index contributed by atoms with van der Waals surface area (Å²) < 4.78 is 0. The Morgan fingerprint density at radius 2 is 2.29 bits per heavy atom. The minimum absolute atomic E-state index is 0.0449. The van der Waals surface area contributed by atoms with Gasteiger partial charge in [0.2, 0.25) is 11.8 Å². The first-order valence-electron chi connectivity index (χ1n) is 4.79.